The molecule has 96 valence electrons. The summed E-state index contributed by atoms with van der Waals surface area (Å²) in [4.78, 5) is 13.5. The average Bonchev–Trinajstić information content (AvgIpc) is 2.29. The first-order chi connectivity index (χ1) is 7.76. The second-order valence-corrected chi connectivity index (χ2v) is 3.54. The Labute approximate surface area is 98.1 Å². The second kappa shape index (κ2) is 10.9. The lowest BCUT2D eigenvalue weighted by Crippen LogP contribution is -2.41. The molecule has 0 aromatic carbocycles. The van der Waals surface area contributed by atoms with Gasteiger partial charge in [-0.1, -0.05) is 6.92 Å². The Morgan fingerprint density at radius 1 is 1.19 bits per heavy atom. The van der Waals surface area contributed by atoms with E-state index in [0.29, 0.717) is 32.8 Å². The van der Waals surface area contributed by atoms with Crippen LogP contribution in [0, 0.1) is 0 Å². The number of carbonyl (C=O) groups excluding carboxylic acids is 1. The van der Waals surface area contributed by atoms with Gasteiger partial charge in [-0.15, -0.1) is 0 Å². The summed E-state index contributed by atoms with van der Waals surface area (Å²) in [6.07, 6.45) is 1.03. The van der Waals surface area contributed by atoms with Crippen LogP contribution in [-0.2, 0) is 14.3 Å². The zero-order valence-corrected chi connectivity index (χ0v) is 10.6. The Kier molecular flexibility index (Phi) is 10.4. The van der Waals surface area contributed by atoms with Crippen molar-refractivity contribution in [1.82, 2.24) is 10.2 Å². The molecular formula is C11H24N2O3. The minimum Gasteiger partial charge on any atom is -0.383 e. The third-order valence-corrected chi connectivity index (χ3v) is 2.19. The highest BCUT2D eigenvalue weighted by Gasteiger charge is 2.11. The molecule has 0 aliphatic carbocycles. The number of hydrogen-bond donors (Lipinski definition) is 1. The second-order valence-electron chi connectivity index (χ2n) is 3.54. The van der Waals surface area contributed by atoms with Gasteiger partial charge in [-0.2, -0.15) is 0 Å². The molecule has 0 bridgehead atoms. The molecule has 0 spiro atoms. The molecule has 0 aliphatic heterocycles. The Morgan fingerprint density at radius 2 is 1.75 bits per heavy atom. The van der Waals surface area contributed by atoms with Gasteiger partial charge in [0.15, 0.2) is 0 Å². The van der Waals surface area contributed by atoms with E-state index in [4.69, 9.17) is 9.47 Å². The van der Waals surface area contributed by atoms with E-state index in [1.807, 2.05) is 0 Å². The molecule has 0 unspecified atom stereocenters. The molecule has 0 aromatic rings. The zero-order chi connectivity index (χ0) is 12.2. The Balaban J connectivity index is 3.88. The van der Waals surface area contributed by atoms with E-state index in [0.717, 1.165) is 13.0 Å². The van der Waals surface area contributed by atoms with Crippen molar-refractivity contribution in [1.29, 1.82) is 0 Å². The number of rotatable bonds is 10. The molecule has 0 saturated carbocycles. The summed E-state index contributed by atoms with van der Waals surface area (Å²) in [5.41, 5.74) is 0. The summed E-state index contributed by atoms with van der Waals surface area (Å²) < 4.78 is 9.95. The fraction of sp³-hybridized carbons (Fsp3) is 0.909. The summed E-state index contributed by atoms with van der Waals surface area (Å²) in [7, 11) is 3.27. The maximum absolute atomic E-state index is 11.8. The van der Waals surface area contributed by atoms with Gasteiger partial charge in [-0.3, -0.25) is 4.79 Å². The molecule has 0 rings (SSSR count). The van der Waals surface area contributed by atoms with Crippen molar-refractivity contribution in [2.45, 2.75) is 13.3 Å². The fourth-order valence-corrected chi connectivity index (χ4v) is 1.25. The van der Waals surface area contributed by atoms with E-state index in [2.05, 4.69) is 12.2 Å². The third kappa shape index (κ3) is 7.62. The van der Waals surface area contributed by atoms with Crippen LogP contribution in [0.1, 0.15) is 13.3 Å². The predicted octanol–water partition coefficient (Wildman–Crippen LogP) is 0.107. The van der Waals surface area contributed by atoms with Gasteiger partial charge in [0.1, 0.15) is 0 Å². The number of carbonyl (C=O) groups is 1. The number of nitrogens with zero attached hydrogens (tertiary/aromatic N) is 1. The summed E-state index contributed by atoms with van der Waals surface area (Å²) in [5, 5.41) is 3.10. The molecule has 0 heterocycles. The van der Waals surface area contributed by atoms with E-state index in [-0.39, 0.29) is 5.91 Å². The quantitative estimate of drug-likeness (QED) is 0.543. The van der Waals surface area contributed by atoms with Crippen molar-refractivity contribution in [2.75, 3.05) is 53.6 Å². The van der Waals surface area contributed by atoms with Crippen molar-refractivity contribution >= 4 is 5.91 Å². The van der Waals surface area contributed by atoms with Gasteiger partial charge in [-0.25, -0.2) is 0 Å². The Bertz CT molecular complexity index is 169. The molecule has 0 aliphatic rings. The predicted molar refractivity (Wildman–Crippen MR) is 63.5 cm³/mol. The largest absolute Gasteiger partial charge is 0.383 e. The molecule has 1 N–H and O–H groups in total. The lowest BCUT2D eigenvalue weighted by Gasteiger charge is -2.22. The Hall–Kier alpha value is -0.650. The molecule has 1 amide bonds. The summed E-state index contributed by atoms with van der Waals surface area (Å²) in [6, 6.07) is 0. The fourth-order valence-electron chi connectivity index (χ4n) is 1.25. The first-order valence-corrected chi connectivity index (χ1v) is 5.72. The summed E-state index contributed by atoms with van der Waals surface area (Å²) in [5.74, 6) is 0.0996. The van der Waals surface area contributed by atoms with Crippen molar-refractivity contribution < 1.29 is 14.3 Å². The topological polar surface area (TPSA) is 50.8 Å². The lowest BCUT2D eigenvalue weighted by atomic mass is 10.4. The first-order valence-electron chi connectivity index (χ1n) is 5.72. The van der Waals surface area contributed by atoms with Gasteiger partial charge in [0.2, 0.25) is 5.91 Å². The summed E-state index contributed by atoms with van der Waals surface area (Å²) >= 11 is 0. The molecule has 5 nitrogen and oxygen atoms in total. The van der Waals surface area contributed by atoms with Crippen molar-refractivity contribution in [3.05, 3.63) is 0 Å². The van der Waals surface area contributed by atoms with E-state index < -0.39 is 0 Å². The van der Waals surface area contributed by atoms with Crippen LogP contribution in [0.4, 0.5) is 0 Å². The number of amides is 1. The Morgan fingerprint density at radius 3 is 2.19 bits per heavy atom. The lowest BCUT2D eigenvalue weighted by molar-refractivity contribution is -0.131. The van der Waals surface area contributed by atoms with Crippen LogP contribution in [0.2, 0.25) is 0 Å². The van der Waals surface area contributed by atoms with Crippen LogP contribution < -0.4 is 5.32 Å². The SMILES string of the molecule is CCCNCC(=O)N(CCOC)CCOC. The van der Waals surface area contributed by atoms with E-state index in [1.54, 1.807) is 19.1 Å². The van der Waals surface area contributed by atoms with Crippen molar-refractivity contribution in [3.8, 4) is 0 Å². The maximum Gasteiger partial charge on any atom is 0.236 e. The van der Waals surface area contributed by atoms with Crippen LogP contribution in [0.5, 0.6) is 0 Å². The summed E-state index contributed by atoms with van der Waals surface area (Å²) in [6.45, 7) is 5.69. The van der Waals surface area contributed by atoms with Crippen LogP contribution in [0.25, 0.3) is 0 Å². The van der Waals surface area contributed by atoms with Crippen LogP contribution in [-0.4, -0.2) is 64.4 Å². The van der Waals surface area contributed by atoms with E-state index >= 15 is 0 Å². The van der Waals surface area contributed by atoms with E-state index in [1.165, 1.54) is 0 Å². The molecular weight excluding hydrogens is 208 g/mol. The van der Waals surface area contributed by atoms with Gasteiger partial charge in [0.05, 0.1) is 19.8 Å². The molecule has 0 atom stereocenters. The third-order valence-electron chi connectivity index (χ3n) is 2.19. The highest BCUT2D eigenvalue weighted by molar-refractivity contribution is 5.78. The molecule has 0 saturated heterocycles. The standard InChI is InChI=1S/C11H24N2O3/c1-4-5-12-10-11(14)13(6-8-15-2)7-9-16-3/h12H,4-10H2,1-3H3. The molecule has 16 heavy (non-hydrogen) atoms. The smallest absolute Gasteiger partial charge is 0.236 e. The number of methoxy groups -OCH3 is 2. The van der Waals surface area contributed by atoms with Crippen LogP contribution in [0.3, 0.4) is 0 Å². The number of hydrogen-bond acceptors (Lipinski definition) is 4. The molecule has 0 radical (unpaired) electrons. The normalized spacial score (nSPS) is 10.4. The van der Waals surface area contributed by atoms with Gasteiger partial charge >= 0.3 is 0 Å². The highest BCUT2D eigenvalue weighted by atomic mass is 16.5. The monoisotopic (exact) mass is 232 g/mol. The zero-order valence-electron chi connectivity index (χ0n) is 10.6. The number of ether oxygens (including phenoxy) is 2. The highest BCUT2D eigenvalue weighted by Crippen LogP contribution is 1.90. The minimum absolute atomic E-state index is 0.0996. The average molecular weight is 232 g/mol. The van der Waals surface area contributed by atoms with Crippen LogP contribution >= 0.6 is 0 Å². The van der Waals surface area contributed by atoms with Gasteiger partial charge < -0.3 is 19.7 Å². The van der Waals surface area contributed by atoms with Crippen LogP contribution in [0.15, 0.2) is 0 Å². The number of nitrogens with one attached hydrogen (secondary N) is 1. The van der Waals surface area contributed by atoms with Gasteiger partial charge in [0, 0.05) is 27.3 Å². The molecule has 0 aromatic heterocycles. The molecule has 5 heteroatoms. The minimum atomic E-state index is 0.0996. The maximum atomic E-state index is 11.8. The van der Waals surface area contributed by atoms with Crippen molar-refractivity contribution in [2.24, 2.45) is 0 Å². The first kappa shape index (κ1) is 15.3. The van der Waals surface area contributed by atoms with Gasteiger partial charge in [0.25, 0.3) is 0 Å². The molecule has 0 fully saturated rings. The van der Waals surface area contributed by atoms with E-state index in [9.17, 15) is 4.79 Å². The van der Waals surface area contributed by atoms with Gasteiger partial charge in [-0.05, 0) is 13.0 Å². The van der Waals surface area contributed by atoms with Crippen molar-refractivity contribution in [3.63, 3.8) is 0 Å².